The number of nitrogens with zero attached hydrogens (tertiary/aromatic N) is 3. The van der Waals surface area contributed by atoms with Crippen LogP contribution in [0, 0.1) is 0 Å². The normalized spacial score (nSPS) is 15.1. The number of para-hydroxylation sites is 2. The van der Waals surface area contributed by atoms with Crippen LogP contribution in [0.1, 0.15) is 12.1 Å². The highest BCUT2D eigenvalue weighted by Gasteiger charge is 2.15. The van der Waals surface area contributed by atoms with Gasteiger partial charge >= 0.3 is 0 Å². The molecular formula is C18H16N6. The quantitative estimate of drug-likeness (QED) is 0.531. The summed E-state index contributed by atoms with van der Waals surface area (Å²) >= 11 is 0. The van der Waals surface area contributed by atoms with Gasteiger partial charge in [0.1, 0.15) is 5.52 Å². The van der Waals surface area contributed by atoms with Gasteiger partial charge in [-0.15, -0.1) is 0 Å². The predicted octanol–water partition coefficient (Wildman–Crippen LogP) is 2.88. The Kier molecular flexibility index (Phi) is 2.96. The van der Waals surface area contributed by atoms with E-state index < -0.39 is 0 Å². The molecule has 0 amide bonds. The zero-order valence-corrected chi connectivity index (χ0v) is 13.0. The summed E-state index contributed by atoms with van der Waals surface area (Å²) in [6.07, 6.45) is 3.20. The van der Waals surface area contributed by atoms with E-state index in [9.17, 15) is 0 Å². The molecule has 0 saturated heterocycles. The van der Waals surface area contributed by atoms with Gasteiger partial charge in [0.2, 0.25) is 0 Å². The lowest BCUT2D eigenvalue weighted by atomic mass is 10.1. The van der Waals surface area contributed by atoms with E-state index in [0.29, 0.717) is 0 Å². The van der Waals surface area contributed by atoms with Crippen molar-refractivity contribution in [1.29, 1.82) is 0 Å². The molecule has 1 aromatic carbocycles. The second kappa shape index (κ2) is 5.28. The minimum atomic E-state index is 0.742. The Balaban J connectivity index is 1.66. The van der Waals surface area contributed by atoms with E-state index in [2.05, 4.69) is 37.6 Å². The summed E-state index contributed by atoms with van der Waals surface area (Å²) in [5.74, 6) is 0.742. The van der Waals surface area contributed by atoms with E-state index in [-0.39, 0.29) is 0 Å². The molecule has 0 radical (unpaired) electrons. The fourth-order valence-corrected chi connectivity index (χ4v) is 3.16. The summed E-state index contributed by atoms with van der Waals surface area (Å²) in [5.41, 5.74) is 6.77. The van der Waals surface area contributed by atoms with Crippen LogP contribution in [0.15, 0.2) is 42.5 Å². The van der Waals surface area contributed by atoms with Crippen LogP contribution in [0.5, 0.6) is 0 Å². The first kappa shape index (κ1) is 13.4. The van der Waals surface area contributed by atoms with Crippen LogP contribution in [0.3, 0.4) is 0 Å². The zero-order chi connectivity index (χ0) is 15.9. The lowest BCUT2D eigenvalue weighted by Crippen LogP contribution is -2.20. The van der Waals surface area contributed by atoms with Gasteiger partial charge in [0, 0.05) is 6.54 Å². The van der Waals surface area contributed by atoms with Crippen molar-refractivity contribution in [3.8, 4) is 11.5 Å². The van der Waals surface area contributed by atoms with E-state index in [1.807, 2.05) is 30.3 Å². The number of pyridine rings is 1. The molecule has 5 rings (SSSR count). The highest BCUT2D eigenvalue weighted by atomic mass is 15.1. The van der Waals surface area contributed by atoms with E-state index in [1.54, 1.807) is 0 Å². The highest BCUT2D eigenvalue weighted by Crippen LogP contribution is 2.27. The molecular weight excluding hydrogens is 300 g/mol. The first-order valence-electron chi connectivity index (χ1n) is 8.09. The van der Waals surface area contributed by atoms with Gasteiger partial charge in [0.15, 0.2) is 11.5 Å². The standard InChI is InChI=1S/C18H16N6/c1-2-4-14-13(3-1)21-18(22-14)17-16-15(23-24-17)6-5-12(20-16)11-7-9-19-10-8-11/h1-7,19H,8-10H2,(H,21,22)(H,23,24). The molecule has 6 nitrogen and oxygen atoms in total. The van der Waals surface area contributed by atoms with Crippen molar-refractivity contribution in [1.82, 2.24) is 30.5 Å². The predicted molar refractivity (Wildman–Crippen MR) is 94.4 cm³/mol. The van der Waals surface area contributed by atoms with E-state index in [1.165, 1.54) is 5.57 Å². The van der Waals surface area contributed by atoms with Gasteiger partial charge in [-0.25, -0.2) is 9.97 Å². The van der Waals surface area contributed by atoms with Gasteiger partial charge in [-0.3, -0.25) is 5.10 Å². The first-order chi connectivity index (χ1) is 11.9. The lowest BCUT2D eigenvalue weighted by Gasteiger charge is -2.13. The van der Waals surface area contributed by atoms with Gasteiger partial charge < -0.3 is 10.3 Å². The average molecular weight is 316 g/mol. The van der Waals surface area contributed by atoms with Crippen molar-refractivity contribution in [2.24, 2.45) is 0 Å². The molecule has 118 valence electrons. The van der Waals surface area contributed by atoms with Crippen molar-refractivity contribution in [2.75, 3.05) is 13.1 Å². The number of aromatic nitrogens is 5. The number of nitrogens with one attached hydrogen (secondary N) is 3. The molecule has 3 aromatic heterocycles. The average Bonchev–Trinajstić information content (AvgIpc) is 3.25. The molecule has 0 atom stereocenters. The molecule has 0 aliphatic carbocycles. The van der Waals surface area contributed by atoms with Crippen LogP contribution in [0.4, 0.5) is 0 Å². The molecule has 0 saturated carbocycles. The van der Waals surface area contributed by atoms with E-state index in [0.717, 1.165) is 58.8 Å². The van der Waals surface area contributed by atoms with Gasteiger partial charge in [-0.2, -0.15) is 5.10 Å². The Morgan fingerprint density at radius 2 is 1.92 bits per heavy atom. The first-order valence-corrected chi connectivity index (χ1v) is 8.09. The van der Waals surface area contributed by atoms with E-state index in [4.69, 9.17) is 4.98 Å². The number of fused-ring (bicyclic) bond motifs is 2. The van der Waals surface area contributed by atoms with Crippen molar-refractivity contribution in [3.63, 3.8) is 0 Å². The Morgan fingerprint density at radius 3 is 2.79 bits per heavy atom. The Bertz CT molecular complexity index is 1040. The molecule has 24 heavy (non-hydrogen) atoms. The third-order valence-electron chi connectivity index (χ3n) is 4.41. The zero-order valence-electron chi connectivity index (χ0n) is 13.0. The number of rotatable bonds is 2. The molecule has 0 unspecified atom stereocenters. The SMILES string of the molecule is C1=C(c2ccc3[nH]nc(-c4nc5ccccc5[nH]4)c3n2)CCNC1. The topological polar surface area (TPSA) is 82.3 Å². The largest absolute Gasteiger partial charge is 0.337 e. The van der Waals surface area contributed by atoms with E-state index >= 15 is 0 Å². The fourth-order valence-electron chi connectivity index (χ4n) is 3.16. The van der Waals surface area contributed by atoms with Crippen molar-refractivity contribution in [2.45, 2.75) is 6.42 Å². The Labute approximate surface area is 138 Å². The second-order valence-electron chi connectivity index (χ2n) is 5.95. The van der Waals surface area contributed by atoms with Crippen LogP contribution in [0.2, 0.25) is 0 Å². The third kappa shape index (κ3) is 2.11. The molecule has 1 aliphatic rings. The number of benzene rings is 1. The second-order valence-corrected chi connectivity index (χ2v) is 5.95. The molecule has 6 heteroatoms. The molecule has 3 N–H and O–H groups in total. The molecule has 4 aromatic rings. The van der Waals surface area contributed by atoms with Crippen molar-refractivity contribution in [3.05, 3.63) is 48.2 Å². The Hall–Kier alpha value is -2.99. The number of aromatic amines is 2. The van der Waals surface area contributed by atoms with Crippen LogP contribution < -0.4 is 5.32 Å². The smallest absolute Gasteiger partial charge is 0.161 e. The van der Waals surface area contributed by atoms with Gasteiger partial charge in [0.05, 0.1) is 22.2 Å². The molecule has 1 aliphatic heterocycles. The molecule has 4 heterocycles. The third-order valence-corrected chi connectivity index (χ3v) is 4.41. The van der Waals surface area contributed by atoms with Crippen molar-refractivity contribution < 1.29 is 0 Å². The highest BCUT2D eigenvalue weighted by molar-refractivity contribution is 5.91. The summed E-state index contributed by atoms with van der Waals surface area (Å²) in [7, 11) is 0. The minimum Gasteiger partial charge on any atom is -0.337 e. The maximum absolute atomic E-state index is 4.86. The van der Waals surface area contributed by atoms with Crippen LogP contribution in [-0.2, 0) is 0 Å². The van der Waals surface area contributed by atoms with Crippen LogP contribution in [0.25, 0.3) is 39.2 Å². The molecule has 0 spiro atoms. The van der Waals surface area contributed by atoms with Crippen LogP contribution >= 0.6 is 0 Å². The van der Waals surface area contributed by atoms with Gasteiger partial charge in [-0.05, 0) is 42.8 Å². The Morgan fingerprint density at radius 1 is 0.958 bits per heavy atom. The number of hydrogen-bond acceptors (Lipinski definition) is 4. The van der Waals surface area contributed by atoms with Gasteiger partial charge in [-0.1, -0.05) is 18.2 Å². The fraction of sp³-hybridized carbons (Fsp3) is 0.167. The maximum Gasteiger partial charge on any atom is 0.161 e. The molecule has 0 fully saturated rings. The maximum atomic E-state index is 4.86. The lowest BCUT2D eigenvalue weighted by molar-refractivity contribution is 0.737. The summed E-state index contributed by atoms with van der Waals surface area (Å²) in [6.45, 7) is 1.89. The number of imidazole rings is 1. The minimum absolute atomic E-state index is 0.742. The molecule has 0 bridgehead atoms. The van der Waals surface area contributed by atoms with Crippen LogP contribution in [-0.4, -0.2) is 38.2 Å². The monoisotopic (exact) mass is 316 g/mol. The van der Waals surface area contributed by atoms with Gasteiger partial charge in [0.25, 0.3) is 0 Å². The number of hydrogen-bond donors (Lipinski definition) is 3. The summed E-state index contributed by atoms with van der Waals surface area (Å²) in [4.78, 5) is 12.8. The van der Waals surface area contributed by atoms with Crippen molar-refractivity contribution >= 4 is 27.6 Å². The summed E-state index contributed by atoms with van der Waals surface area (Å²) < 4.78 is 0. The summed E-state index contributed by atoms with van der Waals surface area (Å²) in [6, 6.07) is 12.1. The number of H-pyrrole nitrogens is 2. The summed E-state index contributed by atoms with van der Waals surface area (Å²) in [5, 5.41) is 10.8.